The van der Waals surface area contributed by atoms with Crippen LogP contribution in [-0.4, -0.2) is 48.1 Å². The Morgan fingerprint density at radius 1 is 0.920 bits per heavy atom. The summed E-state index contributed by atoms with van der Waals surface area (Å²) < 4.78 is 18.2. The van der Waals surface area contributed by atoms with E-state index in [9.17, 15) is 14.0 Å². The molecule has 1 aliphatic rings. The molecule has 0 bridgehead atoms. The first-order valence-corrected chi connectivity index (χ1v) is 7.95. The van der Waals surface area contributed by atoms with Crippen molar-refractivity contribution in [1.29, 1.82) is 0 Å². The lowest BCUT2D eigenvalue weighted by Gasteiger charge is -2.33. The maximum absolute atomic E-state index is 12.9. The fraction of sp³-hybridized carbons (Fsp3) is 0.222. The molecule has 2 amide bonds. The summed E-state index contributed by atoms with van der Waals surface area (Å²) in [6.07, 6.45) is -0.407. The third-order valence-corrected chi connectivity index (χ3v) is 3.85. The van der Waals surface area contributed by atoms with Crippen LogP contribution in [0, 0.1) is 5.82 Å². The molecule has 130 valence electrons. The fourth-order valence-electron chi connectivity index (χ4n) is 2.46. The number of rotatable bonds is 3. The Balaban J connectivity index is 1.47. The predicted octanol–water partition coefficient (Wildman–Crippen LogP) is 2.29. The second-order valence-corrected chi connectivity index (χ2v) is 5.60. The Hall–Kier alpha value is -2.93. The summed E-state index contributed by atoms with van der Waals surface area (Å²) >= 11 is 0. The molecule has 0 spiro atoms. The van der Waals surface area contributed by atoms with E-state index in [0.717, 1.165) is 0 Å². The van der Waals surface area contributed by atoms with Crippen LogP contribution in [0.25, 0.3) is 0 Å². The lowest BCUT2D eigenvalue weighted by molar-refractivity contribution is 0.0625. The average Bonchev–Trinajstić information content (AvgIpc) is 2.63. The minimum atomic E-state index is -0.407. The van der Waals surface area contributed by atoms with Crippen LogP contribution >= 0.6 is 0 Å². The molecule has 7 heteroatoms. The molecule has 0 atom stereocenters. The van der Waals surface area contributed by atoms with Gasteiger partial charge in [0.05, 0.1) is 0 Å². The minimum Gasteiger partial charge on any atom is -0.410 e. The number of amides is 2. The third kappa shape index (κ3) is 4.54. The van der Waals surface area contributed by atoms with Crippen LogP contribution in [0.1, 0.15) is 10.4 Å². The number of halogens is 1. The van der Waals surface area contributed by atoms with Crippen LogP contribution in [0.15, 0.2) is 54.6 Å². The lowest BCUT2D eigenvalue weighted by atomic mass is 10.2. The highest BCUT2D eigenvalue weighted by atomic mass is 19.1. The van der Waals surface area contributed by atoms with Crippen molar-refractivity contribution in [3.63, 3.8) is 0 Å². The lowest BCUT2D eigenvalue weighted by Crippen LogP contribution is -2.55. The summed E-state index contributed by atoms with van der Waals surface area (Å²) in [4.78, 5) is 25.8. The Morgan fingerprint density at radius 2 is 1.56 bits per heavy atom. The number of nitrogens with one attached hydrogen (secondary N) is 1. The summed E-state index contributed by atoms with van der Waals surface area (Å²) in [5, 5.41) is 1.73. The van der Waals surface area contributed by atoms with E-state index in [4.69, 9.17) is 4.74 Å². The smallest absolute Gasteiger partial charge is 0.410 e. The largest absolute Gasteiger partial charge is 0.415 e. The SMILES string of the molecule is O=C(NN1CCN(C(=O)Oc2ccccc2)CC1)c1ccc(F)cc1. The quantitative estimate of drug-likeness (QED) is 0.929. The van der Waals surface area contributed by atoms with Gasteiger partial charge in [0.25, 0.3) is 5.91 Å². The highest BCUT2D eigenvalue weighted by molar-refractivity contribution is 5.93. The van der Waals surface area contributed by atoms with Crippen molar-refractivity contribution in [2.75, 3.05) is 26.2 Å². The highest BCUT2D eigenvalue weighted by Crippen LogP contribution is 2.11. The van der Waals surface area contributed by atoms with Gasteiger partial charge in [0, 0.05) is 31.7 Å². The first kappa shape index (κ1) is 16.9. The van der Waals surface area contributed by atoms with Crippen LogP contribution in [-0.2, 0) is 0 Å². The van der Waals surface area contributed by atoms with E-state index < -0.39 is 6.09 Å². The molecule has 0 aromatic heterocycles. The maximum Gasteiger partial charge on any atom is 0.415 e. The Labute approximate surface area is 144 Å². The normalized spacial score (nSPS) is 14.8. The number of ether oxygens (including phenoxy) is 1. The average molecular weight is 343 g/mol. The molecule has 0 aliphatic carbocycles. The molecule has 0 unspecified atom stereocenters. The number of hydrazine groups is 1. The summed E-state index contributed by atoms with van der Waals surface area (Å²) in [7, 11) is 0. The molecule has 1 heterocycles. The van der Waals surface area contributed by atoms with E-state index in [0.29, 0.717) is 37.5 Å². The van der Waals surface area contributed by atoms with Crippen molar-refractivity contribution in [3.8, 4) is 5.75 Å². The van der Waals surface area contributed by atoms with Crippen LogP contribution in [0.5, 0.6) is 5.75 Å². The zero-order chi connectivity index (χ0) is 17.6. The van der Waals surface area contributed by atoms with Gasteiger partial charge in [-0.25, -0.2) is 14.2 Å². The van der Waals surface area contributed by atoms with Gasteiger partial charge >= 0.3 is 6.09 Å². The first-order valence-electron chi connectivity index (χ1n) is 7.95. The van der Waals surface area contributed by atoms with Gasteiger partial charge in [-0.2, -0.15) is 0 Å². The van der Waals surface area contributed by atoms with Gasteiger partial charge < -0.3 is 9.64 Å². The van der Waals surface area contributed by atoms with E-state index in [1.54, 1.807) is 34.2 Å². The monoisotopic (exact) mass is 343 g/mol. The van der Waals surface area contributed by atoms with Gasteiger partial charge in [-0.3, -0.25) is 10.2 Å². The molecule has 0 saturated carbocycles. The van der Waals surface area contributed by atoms with E-state index >= 15 is 0 Å². The Morgan fingerprint density at radius 3 is 2.20 bits per heavy atom. The van der Waals surface area contributed by atoms with E-state index in [-0.39, 0.29) is 11.7 Å². The number of hydrogen-bond acceptors (Lipinski definition) is 4. The predicted molar refractivity (Wildman–Crippen MR) is 89.5 cm³/mol. The van der Waals surface area contributed by atoms with Gasteiger partial charge in [-0.05, 0) is 36.4 Å². The van der Waals surface area contributed by atoms with Crippen molar-refractivity contribution in [2.45, 2.75) is 0 Å². The zero-order valence-corrected chi connectivity index (χ0v) is 13.5. The van der Waals surface area contributed by atoms with Gasteiger partial charge in [0.15, 0.2) is 0 Å². The fourth-order valence-corrected chi connectivity index (χ4v) is 2.46. The van der Waals surface area contributed by atoms with Gasteiger partial charge in [-0.15, -0.1) is 0 Å². The summed E-state index contributed by atoms with van der Waals surface area (Å²) in [5.41, 5.74) is 3.14. The molecule has 6 nitrogen and oxygen atoms in total. The number of nitrogens with zero attached hydrogens (tertiary/aromatic N) is 2. The van der Waals surface area contributed by atoms with Crippen molar-refractivity contribution >= 4 is 12.0 Å². The molecule has 3 rings (SSSR count). The molecule has 2 aromatic carbocycles. The Bertz CT molecular complexity index is 729. The molecule has 1 fully saturated rings. The molecule has 0 radical (unpaired) electrons. The van der Waals surface area contributed by atoms with Crippen LogP contribution < -0.4 is 10.2 Å². The number of benzene rings is 2. The highest BCUT2D eigenvalue weighted by Gasteiger charge is 2.23. The van der Waals surface area contributed by atoms with Crippen molar-refractivity contribution in [3.05, 3.63) is 66.0 Å². The number of carbonyl (C=O) groups excluding carboxylic acids is 2. The molecule has 1 N–H and O–H groups in total. The minimum absolute atomic E-state index is 0.305. The molecular formula is C18H18FN3O3. The van der Waals surface area contributed by atoms with Gasteiger partial charge in [0.1, 0.15) is 11.6 Å². The zero-order valence-electron chi connectivity index (χ0n) is 13.5. The van der Waals surface area contributed by atoms with E-state index in [2.05, 4.69) is 5.43 Å². The summed E-state index contributed by atoms with van der Waals surface area (Å²) in [5.74, 6) is -0.193. The van der Waals surface area contributed by atoms with E-state index in [1.165, 1.54) is 24.3 Å². The van der Waals surface area contributed by atoms with E-state index in [1.807, 2.05) is 6.07 Å². The third-order valence-electron chi connectivity index (χ3n) is 3.85. The molecule has 1 aliphatic heterocycles. The molecule has 2 aromatic rings. The maximum atomic E-state index is 12.9. The number of carbonyl (C=O) groups is 2. The number of piperazine rings is 1. The van der Waals surface area contributed by atoms with Crippen LogP contribution in [0.4, 0.5) is 9.18 Å². The van der Waals surface area contributed by atoms with Gasteiger partial charge in [-0.1, -0.05) is 18.2 Å². The molecule has 1 saturated heterocycles. The van der Waals surface area contributed by atoms with Crippen LogP contribution in [0.2, 0.25) is 0 Å². The first-order chi connectivity index (χ1) is 12.1. The summed E-state index contributed by atoms with van der Waals surface area (Å²) in [6, 6.07) is 14.2. The number of hydrogen-bond donors (Lipinski definition) is 1. The second-order valence-electron chi connectivity index (χ2n) is 5.60. The molecular weight excluding hydrogens is 325 g/mol. The second kappa shape index (κ2) is 7.76. The topological polar surface area (TPSA) is 61.9 Å². The van der Waals surface area contributed by atoms with Crippen molar-refractivity contribution in [2.24, 2.45) is 0 Å². The molecule has 25 heavy (non-hydrogen) atoms. The Kier molecular flexibility index (Phi) is 5.25. The van der Waals surface area contributed by atoms with Gasteiger partial charge in [0.2, 0.25) is 0 Å². The van der Waals surface area contributed by atoms with Crippen molar-refractivity contribution < 1.29 is 18.7 Å². The van der Waals surface area contributed by atoms with Crippen LogP contribution in [0.3, 0.4) is 0 Å². The standard InChI is InChI=1S/C18H18FN3O3/c19-15-8-6-14(7-9-15)17(23)20-22-12-10-21(11-13-22)18(24)25-16-4-2-1-3-5-16/h1-9H,10-13H2,(H,20,23). The summed E-state index contributed by atoms with van der Waals surface area (Å²) in [6.45, 7) is 1.85. The van der Waals surface area contributed by atoms with Crippen molar-refractivity contribution in [1.82, 2.24) is 15.3 Å². The number of para-hydroxylation sites is 1.